The Kier molecular flexibility index (Phi) is 6.67. The lowest BCUT2D eigenvalue weighted by Gasteiger charge is -2.46. The zero-order valence-electron chi connectivity index (χ0n) is 23.0. The van der Waals surface area contributed by atoms with Gasteiger partial charge in [-0.05, 0) is 63.4 Å². The van der Waals surface area contributed by atoms with Crippen LogP contribution in [0.1, 0.15) is 42.4 Å². The standard InChI is InChI=1S/C30H37N7O2/c1-4-26(38)37-17-16-35(18-22(37)12-15-31)27-24-11-14-30(13-7-9-21-8-5-6-10-25(21)30)39-28(24)33-29(32-27)36-19-23(20-36)34(2)3/h4-6,8,10,22-23H,1,7,9,11-14,16-20H2,2-3H3/t22-,30+/m0/s1. The van der Waals surface area contributed by atoms with Gasteiger partial charge in [-0.25, -0.2) is 0 Å². The Morgan fingerprint density at radius 3 is 2.77 bits per heavy atom. The molecule has 204 valence electrons. The molecular formula is C30H37N7O2. The monoisotopic (exact) mass is 527 g/mol. The Hall–Kier alpha value is -3.64. The van der Waals surface area contributed by atoms with E-state index in [2.05, 4.69) is 65.7 Å². The van der Waals surface area contributed by atoms with Crippen LogP contribution < -0.4 is 14.5 Å². The summed E-state index contributed by atoms with van der Waals surface area (Å²) in [6.45, 7) is 7.11. The second kappa shape index (κ2) is 10.2. The Labute approximate surface area is 230 Å². The van der Waals surface area contributed by atoms with Crippen LogP contribution in [0.3, 0.4) is 0 Å². The smallest absolute Gasteiger partial charge is 0.246 e. The third kappa shape index (κ3) is 4.51. The second-order valence-corrected chi connectivity index (χ2v) is 11.5. The number of likely N-dealkylation sites (N-methyl/N-ethyl adjacent to an activating group) is 1. The lowest BCUT2D eigenvalue weighted by atomic mass is 9.75. The van der Waals surface area contributed by atoms with Crippen molar-refractivity contribution in [1.82, 2.24) is 19.8 Å². The highest BCUT2D eigenvalue weighted by Crippen LogP contribution is 2.48. The quantitative estimate of drug-likeness (QED) is 0.549. The summed E-state index contributed by atoms with van der Waals surface area (Å²) < 4.78 is 6.96. The van der Waals surface area contributed by atoms with E-state index in [1.807, 2.05) is 0 Å². The molecule has 0 N–H and O–H groups in total. The largest absolute Gasteiger partial charge is 0.466 e. The third-order valence-corrected chi connectivity index (χ3v) is 8.98. The number of piperazine rings is 1. The Bertz CT molecular complexity index is 1310. The van der Waals surface area contributed by atoms with Crippen molar-refractivity contribution in [3.05, 3.63) is 53.6 Å². The van der Waals surface area contributed by atoms with E-state index in [0.717, 1.165) is 56.6 Å². The molecular weight excluding hydrogens is 490 g/mol. The summed E-state index contributed by atoms with van der Waals surface area (Å²) in [6.07, 6.45) is 6.49. The predicted molar refractivity (Wildman–Crippen MR) is 150 cm³/mol. The maximum atomic E-state index is 12.5. The van der Waals surface area contributed by atoms with Gasteiger partial charge in [0.1, 0.15) is 11.4 Å². The summed E-state index contributed by atoms with van der Waals surface area (Å²) in [5.41, 5.74) is 3.35. The minimum absolute atomic E-state index is 0.128. The average molecular weight is 528 g/mol. The van der Waals surface area contributed by atoms with Crippen LogP contribution in [-0.2, 0) is 23.2 Å². The number of rotatable bonds is 5. The van der Waals surface area contributed by atoms with Crippen LogP contribution >= 0.6 is 0 Å². The Balaban J connectivity index is 1.37. The van der Waals surface area contributed by atoms with Crippen LogP contribution in [0, 0.1) is 11.3 Å². The van der Waals surface area contributed by atoms with Gasteiger partial charge >= 0.3 is 0 Å². The molecule has 2 aromatic rings. The summed E-state index contributed by atoms with van der Waals surface area (Å²) in [4.78, 5) is 31.1. The minimum atomic E-state index is -0.357. The van der Waals surface area contributed by atoms with E-state index in [9.17, 15) is 10.1 Å². The van der Waals surface area contributed by atoms with Gasteiger partial charge < -0.3 is 24.3 Å². The first-order valence-corrected chi connectivity index (χ1v) is 14.1. The fraction of sp³-hybridized carbons (Fsp3) is 0.533. The summed E-state index contributed by atoms with van der Waals surface area (Å²) in [5, 5.41) is 9.50. The maximum absolute atomic E-state index is 12.5. The number of hydrogen-bond donors (Lipinski definition) is 0. The molecule has 1 aliphatic carbocycles. The van der Waals surface area contributed by atoms with Crippen molar-refractivity contribution in [3.63, 3.8) is 0 Å². The third-order valence-electron chi connectivity index (χ3n) is 8.98. The molecule has 0 radical (unpaired) electrons. The van der Waals surface area contributed by atoms with E-state index in [-0.39, 0.29) is 24.0 Å². The molecule has 4 aliphatic rings. The first-order chi connectivity index (χ1) is 18.9. The van der Waals surface area contributed by atoms with E-state index >= 15 is 0 Å². The lowest BCUT2D eigenvalue weighted by molar-refractivity contribution is -0.128. The highest BCUT2D eigenvalue weighted by molar-refractivity contribution is 5.87. The van der Waals surface area contributed by atoms with Gasteiger partial charge in [0.05, 0.1) is 24.1 Å². The van der Waals surface area contributed by atoms with Crippen molar-refractivity contribution in [1.29, 1.82) is 5.26 Å². The number of amides is 1. The Morgan fingerprint density at radius 2 is 2.00 bits per heavy atom. The molecule has 1 amide bonds. The number of aromatic nitrogens is 2. The number of carbonyl (C=O) groups excluding carboxylic acids is 1. The number of hydrogen-bond acceptors (Lipinski definition) is 8. The number of ether oxygens (including phenoxy) is 1. The van der Waals surface area contributed by atoms with Crippen molar-refractivity contribution >= 4 is 17.7 Å². The molecule has 1 aromatic heterocycles. The molecule has 0 saturated carbocycles. The minimum Gasteiger partial charge on any atom is -0.466 e. The van der Waals surface area contributed by atoms with E-state index < -0.39 is 0 Å². The van der Waals surface area contributed by atoms with Gasteiger partial charge in [0.2, 0.25) is 17.7 Å². The second-order valence-electron chi connectivity index (χ2n) is 11.5. The predicted octanol–water partition coefficient (Wildman–Crippen LogP) is 2.90. The van der Waals surface area contributed by atoms with Crippen molar-refractivity contribution < 1.29 is 9.53 Å². The number of aryl methyl sites for hydroxylation is 1. The van der Waals surface area contributed by atoms with Crippen LogP contribution in [0.15, 0.2) is 36.9 Å². The molecule has 0 unspecified atom stereocenters. The number of fused-ring (bicyclic) bond motifs is 3. The SMILES string of the molecule is C=CC(=O)N1CCN(c2nc(N3CC(N(C)C)C3)nc3c2CC[C@@]2(CCCc4ccccc42)O3)C[C@@H]1CC#N. The van der Waals surface area contributed by atoms with Crippen molar-refractivity contribution in [2.75, 3.05) is 56.6 Å². The average Bonchev–Trinajstić information content (AvgIpc) is 2.91. The van der Waals surface area contributed by atoms with Gasteiger partial charge in [-0.2, -0.15) is 15.2 Å². The van der Waals surface area contributed by atoms with E-state index in [1.165, 1.54) is 17.2 Å². The molecule has 0 bridgehead atoms. The fourth-order valence-corrected chi connectivity index (χ4v) is 6.64. The van der Waals surface area contributed by atoms with Crippen molar-refractivity contribution in [2.24, 2.45) is 0 Å². The number of benzene rings is 1. The zero-order chi connectivity index (χ0) is 27.1. The van der Waals surface area contributed by atoms with Crippen LogP contribution in [0.5, 0.6) is 5.88 Å². The topological polar surface area (TPSA) is 88.8 Å². The van der Waals surface area contributed by atoms with Crippen molar-refractivity contribution in [3.8, 4) is 11.9 Å². The summed E-state index contributed by atoms with van der Waals surface area (Å²) in [7, 11) is 4.21. The van der Waals surface area contributed by atoms with Gasteiger partial charge in [0.25, 0.3) is 0 Å². The van der Waals surface area contributed by atoms with Gasteiger partial charge in [-0.15, -0.1) is 0 Å². The van der Waals surface area contributed by atoms with Crippen molar-refractivity contribution in [2.45, 2.75) is 56.2 Å². The van der Waals surface area contributed by atoms with Gasteiger partial charge in [-0.1, -0.05) is 30.8 Å². The first-order valence-electron chi connectivity index (χ1n) is 14.1. The molecule has 1 spiro atoms. The number of anilines is 2. The molecule has 3 aliphatic heterocycles. The summed E-state index contributed by atoms with van der Waals surface area (Å²) in [6, 6.07) is 11.2. The molecule has 6 rings (SSSR count). The number of carbonyl (C=O) groups is 1. The van der Waals surface area contributed by atoms with Crippen LogP contribution in [-0.4, -0.2) is 84.6 Å². The highest BCUT2D eigenvalue weighted by atomic mass is 16.5. The van der Waals surface area contributed by atoms with Gasteiger partial charge in [0.15, 0.2) is 0 Å². The summed E-state index contributed by atoms with van der Waals surface area (Å²) >= 11 is 0. The highest BCUT2D eigenvalue weighted by Gasteiger charge is 2.44. The zero-order valence-corrected chi connectivity index (χ0v) is 23.0. The van der Waals surface area contributed by atoms with Crippen LogP contribution in [0.4, 0.5) is 11.8 Å². The molecule has 9 nitrogen and oxygen atoms in total. The van der Waals surface area contributed by atoms with E-state index in [1.54, 1.807) is 4.90 Å². The fourth-order valence-electron chi connectivity index (χ4n) is 6.64. The molecule has 2 saturated heterocycles. The number of nitriles is 1. The van der Waals surface area contributed by atoms with Crippen LogP contribution in [0.25, 0.3) is 0 Å². The molecule has 2 atom stereocenters. The summed E-state index contributed by atoms with van der Waals surface area (Å²) in [5.74, 6) is 2.14. The van der Waals surface area contributed by atoms with Crippen LogP contribution in [0.2, 0.25) is 0 Å². The molecule has 1 aromatic carbocycles. The molecule has 9 heteroatoms. The molecule has 39 heavy (non-hydrogen) atoms. The Morgan fingerprint density at radius 1 is 1.18 bits per heavy atom. The van der Waals surface area contributed by atoms with Gasteiger partial charge in [-0.3, -0.25) is 4.79 Å². The van der Waals surface area contributed by atoms with E-state index in [0.29, 0.717) is 37.5 Å². The first kappa shape index (κ1) is 25.6. The number of nitrogens with zero attached hydrogens (tertiary/aromatic N) is 7. The lowest BCUT2D eigenvalue weighted by Crippen LogP contribution is -2.58. The normalized spacial score (nSPS) is 24.5. The maximum Gasteiger partial charge on any atom is 0.246 e. The van der Waals surface area contributed by atoms with E-state index in [4.69, 9.17) is 14.7 Å². The molecule has 4 heterocycles. The van der Waals surface area contributed by atoms with Gasteiger partial charge in [0, 0.05) is 38.8 Å². The molecule has 2 fully saturated rings.